The van der Waals surface area contributed by atoms with E-state index < -0.39 is 0 Å². The van der Waals surface area contributed by atoms with Crippen molar-refractivity contribution in [2.75, 3.05) is 13.2 Å². The van der Waals surface area contributed by atoms with E-state index >= 15 is 0 Å². The quantitative estimate of drug-likeness (QED) is 0.700. The number of aliphatic hydroxyl groups excluding tert-OH is 1. The molecule has 0 saturated carbocycles. The first-order valence-corrected chi connectivity index (χ1v) is 7.27. The normalized spacial score (nSPS) is 20.3. The summed E-state index contributed by atoms with van der Waals surface area (Å²) in [4.78, 5) is 11.9. The second kappa shape index (κ2) is 7.69. The molecule has 2 amide bonds. The number of amides is 2. The number of rotatable bonds is 6. The molecule has 5 heteroatoms. The van der Waals surface area contributed by atoms with Gasteiger partial charge in [0, 0.05) is 30.7 Å². The van der Waals surface area contributed by atoms with Crippen molar-refractivity contribution in [1.82, 2.24) is 10.6 Å². The van der Waals surface area contributed by atoms with Crippen LogP contribution in [0.25, 0.3) is 0 Å². The topological polar surface area (TPSA) is 70.6 Å². The maximum atomic E-state index is 11.9. The van der Waals surface area contributed by atoms with Gasteiger partial charge in [-0.15, -0.1) is 0 Å². The van der Waals surface area contributed by atoms with Gasteiger partial charge in [-0.1, -0.05) is 30.4 Å². The fourth-order valence-corrected chi connectivity index (χ4v) is 2.36. The average molecular weight is 290 g/mol. The molecule has 1 aliphatic rings. The molecule has 114 valence electrons. The maximum absolute atomic E-state index is 11.9. The summed E-state index contributed by atoms with van der Waals surface area (Å²) in [6.07, 6.45) is 4.61. The Bertz CT molecular complexity index is 502. The number of carbonyl (C=O) groups excluding carboxylic acids is 1. The first kappa shape index (κ1) is 15.4. The van der Waals surface area contributed by atoms with Crippen molar-refractivity contribution in [1.29, 1.82) is 0 Å². The van der Waals surface area contributed by atoms with Crippen molar-refractivity contribution < 1.29 is 14.6 Å². The van der Waals surface area contributed by atoms with Gasteiger partial charge in [0.25, 0.3) is 0 Å². The van der Waals surface area contributed by atoms with E-state index in [-0.39, 0.29) is 24.6 Å². The van der Waals surface area contributed by atoms with E-state index in [1.807, 2.05) is 43.3 Å². The van der Waals surface area contributed by atoms with Crippen molar-refractivity contribution >= 4 is 6.03 Å². The Labute approximate surface area is 125 Å². The molecule has 0 fully saturated rings. The SMILES string of the molecule is CCOc1ccccc1CNC(=O)N[C@@H]1C=C[C@H](CO)C1. The van der Waals surface area contributed by atoms with E-state index in [0.29, 0.717) is 13.2 Å². The van der Waals surface area contributed by atoms with Crippen LogP contribution in [0.3, 0.4) is 0 Å². The molecule has 0 saturated heterocycles. The smallest absolute Gasteiger partial charge is 0.315 e. The Morgan fingerprint density at radius 1 is 1.38 bits per heavy atom. The Morgan fingerprint density at radius 2 is 2.19 bits per heavy atom. The highest BCUT2D eigenvalue weighted by Crippen LogP contribution is 2.18. The number of urea groups is 1. The number of carbonyl (C=O) groups is 1. The summed E-state index contributed by atoms with van der Waals surface area (Å²) in [7, 11) is 0. The molecule has 1 aliphatic carbocycles. The van der Waals surface area contributed by atoms with Gasteiger partial charge in [0.05, 0.1) is 6.61 Å². The third-order valence-electron chi connectivity index (χ3n) is 3.44. The molecule has 0 aromatic heterocycles. The fraction of sp³-hybridized carbons (Fsp3) is 0.438. The van der Waals surface area contributed by atoms with Crippen molar-refractivity contribution in [3.8, 4) is 5.75 Å². The van der Waals surface area contributed by atoms with Crippen LogP contribution in [0.1, 0.15) is 18.9 Å². The second-order valence-corrected chi connectivity index (χ2v) is 5.04. The van der Waals surface area contributed by atoms with Gasteiger partial charge in [-0.05, 0) is 19.4 Å². The number of ether oxygens (including phenoxy) is 1. The lowest BCUT2D eigenvalue weighted by Gasteiger charge is -2.15. The molecule has 1 aromatic carbocycles. The molecular weight excluding hydrogens is 268 g/mol. The number of para-hydroxylation sites is 1. The lowest BCUT2D eigenvalue weighted by atomic mass is 10.1. The third kappa shape index (κ3) is 4.49. The number of nitrogens with one attached hydrogen (secondary N) is 2. The predicted molar refractivity (Wildman–Crippen MR) is 81.1 cm³/mol. The standard InChI is InChI=1S/C16H22N2O3/c1-2-21-15-6-4-3-5-13(15)10-17-16(20)18-14-8-7-12(9-14)11-19/h3-8,12,14,19H,2,9-11H2,1H3,(H2,17,18,20)/t12-,14+/m0/s1. The number of hydrogen-bond donors (Lipinski definition) is 3. The molecule has 21 heavy (non-hydrogen) atoms. The van der Waals surface area contributed by atoms with Gasteiger partial charge in [0.15, 0.2) is 0 Å². The molecule has 0 spiro atoms. The van der Waals surface area contributed by atoms with E-state index in [9.17, 15) is 4.79 Å². The van der Waals surface area contributed by atoms with Crippen molar-refractivity contribution in [3.05, 3.63) is 42.0 Å². The molecule has 2 atom stereocenters. The van der Waals surface area contributed by atoms with Gasteiger partial charge in [0.1, 0.15) is 5.75 Å². The van der Waals surface area contributed by atoms with E-state index in [1.54, 1.807) is 0 Å². The lowest BCUT2D eigenvalue weighted by Crippen LogP contribution is -2.40. The lowest BCUT2D eigenvalue weighted by molar-refractivity contribution is 0.231. The Kier molecular flexibility index (Phi) is 5.63. The van der Waals surface area contributed by atoms with Crippen molar-refractivity contribution in [2.24, 2.45) is 5.92 Å². The molecule has 2 rings (SSSR count). The van der Waals surface area contributed by atoms with Crippen LogP contribution in [-0.2, 0) is 6.54 Å². The molecule has 0 radical (unpaired) electrons. The highest BCUT2D eigenvalue weighted by Gasteiger charge is 2.19. The van der Waals surface area contributed by atoms with Crippen LogP contribution >= 0.6 is 0 Å². The molecule has 0 heterocycles. The van der Waals surface area contributed by atoms with Crippen LogP contribution in [0.5, 0.6) is 5.75 Å². The fourth-order valence-electron chi connectivity index (χ4n) is 2.36. The van der Waals surface area contributed by atoms with Crippen molar-refractivity contribution in [3.63, 3.8) is 0 Å². The first-order valence-electron chi connectivity index (χ1n) is 7.27. The molecule has 1 aromatic rings. The third-order valence-corrected chi connectivity index (χ3v) is 3.44. The summed E-state index contributed by atoms with van der Waals surface area (Å²) in [5, 5.41) is 14.8. The number of benzene rings is 1. The Morgan fingerprint density at radius 3 is 2.90 bits per heavy atom. The van der Waals surface area contributed by atoms with Crippen LogP contribution in [0.4, 0.5) is 4.79 Å². The average Bonchev–Trinajstić information content (AvgIpc) is 2.94. The van der Waals surface area contributed by atoms with Gasteiger partial charge < -0.3 is 20.5 Å². The van der Waals surface area contributed by atoms with Crippen LogP contribution in [0.2, 0.25) is 0 Å². The van der Waals surface area contributed by atoms with E-state index in [0.717, 1.165) is 17.7 Å². The molecule has 0 aliphatic heterocycles. The van der Waals surface area contributed by atoms with E-state index in [4.69, 9.17) is 9.84 Å². The minimum atomic E-state index is -0.213. The number of hydrogen-bond acceptors (Lipinski definition) is 3. The van der Waals surface area contributed by atoms with Crippen molar-refractivity contribution in [2.45, 2.75) is 25.9 Å². The largest absolute Gasteiger partial charge is 0.494 e. The summed E-state index contributed by atoms with van der Waals surface area (Å²) < 4.78 is 5.52. The number of aliphatic hydroxyl groups is 1. The van der Waals surface area contributed by atoms with E-state index in [1.165, 1.54) is 0 Å². The van der Waals surface area contributed by atoms with Gasteiger partial charge in [0.2, 0.25) is 0 Å². The van der Waals surface area contributed by atoms with Gasteiger partial charge in [-0.3, -0.25) is 0 Å². The minimum absolute atomic E-state index is 0.00992. The predicted octanol–water partition coefficient (Wildman–Crippen LogP) is 1.82. The minimum Gasteiger partial charge on any atom is -0.494 e. The molecule has 0 bridgehead atoms. The maximum Gasteiger partial charge on any atom is 0.315 e. The van der Waals surface area contributed by atoms with Gasteiger partial charge in [-0.25, -0.2) is 4.79 Å². The zero-order chi connectivity index (χ0) is 15.1. The first-order chi connectivity index (χ1) is 10.2. The Balaban J connectivity index is 1.80. The summed E-state index contributed by atoms with van der Waals surface area (Å²) >= 11 is 0. The highest BCUT2D eigenvalue weighted by atomic mass is 16.5. The summed E-state index contributed by atoms with van der Waals surface area (Å²) in [6, 6.07) is 7.43. The monoisotopic (exact) mass is 290 g/mol. The van der Waals surface area contributed by atoms with Crippen LogP contribution < -0.4 is 15.4 Å². The second-order valence-electron chi connectivity index (χ2n) is 5.04. The zero-order valence-corrected chi connectivity index (χ0v) is 12.2. The molecular formula is C16H22N2O3. The highest BCUT2D eigenvalue weighted by molar-refractivity contribution is 5.74. The summed E-state index contributed by atoms with van der Waals surface area (Å²) in [6.45, 7) is 3.07. The zero-order valence-electron chi connectivity index (χ0n) is 12.2. The van der Waals surface area contributed by atoms with Gasteiger partial charge >= 0.3 is 6.03 Å². The molecule has 0 unspecified atom stereocenters. The van der Waals surface area contributed by atoms with E-state index in [2.05, 4.69) is 10.6 Å². The molecule has 3 N–H and O–H groups in total. The van der Waals surface area contributed by atoms with Gasteiger partial charge in [-0.2, -0.15) is 0 Å². The van der Waals surface area contributed by atoms with Crippen LogP contribution in [-0.4, -0.2) is 30.4 Å². The molecule has 5 nitrogen and oxygen atoms in total. The van der Waals surface area contributed by atoms with Crippen LogP contribution in [0, 0.1) is 5.92 Å². The summed E-state index contributed by atoms with van der Waals surface area (Å²) in [5.74, 6) is 0.940. The summed E-state index contributed by atoms with van der Waals surface area (Å²) in [5.41, 5.74) is 0.949. The Hall–Kier alpha value is -2.01. The van der Waals surface area contributed by atoms with Crippen LogP contribution in [0.15, 0.2) is 36.4 Å².